The molecular formula is C23H24N5O5PS. The van der Waals surface area contributed by atoms with Gasteiger partial charge in [-0.25, -0.2) is 19.5 Å². The number of benzene rings is 2. The smallest absolute Gasteiger partial charge is 0.508 e. The SMILES string of the molecule is CCCCc1nc2c(N)nc3ccc(CN=C=S)cc3c2n1Cc1cc(O)ccc1OP(=O)(O)O. The number of rotatable bonds is 9. The van der Waals surface area contributed by atoms with Gasteiger partial charge in [0.05, 0.1) is 29.3 Å². The van der Waals surface area contributed by atoms with Crippen molar-refractivity contribution >= 4 is 53.0 Å². The minimum Gasteiger partial charge on any atom is -0.508 e. The number of hydrogen-bond donors (Lipinski definition) is 4. The summed E-state index contributed by atoms with van der Waals surface area (Å²) in [4.78, 5) is 32.1. The van der Waals surface area contributed by atoms with Crippen LogP contribution in [0, 0.1) is 0 Å². The first-order chi connectivity index (χ1) is 16.7. The molecule has 0 unspecified atom stereocenters. The van der Waals surface area contributed by atoms with E-state index in [4.69, 9.17) is 27.5 Å². The van der Waals surface area contributed by atoms with Crippen molar-refractivity contribution in [3.63, 3.8) is 0 Å². The first-order valence-corrected chi connectivity index (χ1v) is 12.8. The van der Waals surface area contributed by atoms with Gasteiger partial charge in [-0.15, -0.1) is 0 Å². The molecule has 35 heavy (non-hydrogen) atoms. The monoisotopic (exact) mass is 513 g/mol. The number of aryl methyl sites for hydroxylation is 1. The molecule has 0 saturated carbocycles. The van der Waals surface area contributed by atoms with Gasteiger partial charge in [0.2, 0.25) is 0 Å². The maximum Gasteiger partial charge on any atom is 0.524 e. The van der Waals surface area contributed by atoms with Crippen LogP contribution in [-0.4, -0.2) is 34.6 Å². The molecule has 4 aromatic rings. The number of aromatic nitrogens is 3. The Kier molecular flexibility index (Phi) is 7.16. The number of fused-ring (bicyclic) bond motifs is 3. The molecule has 2 aromatic carbocycles. The van der Waals surface area contributed by atoms with Crippen LogP contribution in [0.15, 0.2) is 41.4 Å². The third kappa shape index (κ3) is 5.51. The summed E-state index contributed by atoms with van der Waals surface area (Å²) in [6.45, 7) is 2.55. The Morgan fingerprint density at radius 3 is 2.74 bits per heavy atom. The molecule has 2 heterocycles. The number of imidazole rings is 1. The first-order valence-electron chi connectivity index (χ1n) is 10.9. The molecule has 5 N–H and O–H groups in total. The average molecular weight is 514 g/mol. The number of phosphoric acid groups is 1. The standard InChI is InChI=1S/C23H24N5O5PS/c1-2-3-4-20-27-21-22(17-9-14(11-25-13-35)5-7-18(17)26-23(21)24)28(20)12-15-10-16(29)6-8-19(15)33-34(30,31)32/h5-10,29H,2-4,11-12H2,1H3,(H2,24,26)(H2,30,31,32). The Balaban J connectivity index is 1.97. The van der Waals surface area contributed by atoms with Gasteiger partial charge in [-0.05, 0) is 54.5 Å². The highest BCUT2D eigenvalue weighted by Crippen LogP contribution is 2.41. The fraction of sp³-hybridized carbons (Fsp3) is 0.261. The van der Waals surface area contributed by atoms with Crippen molar-refractivity contribution in [2.24, 2.45) is 4.99 Å². The predicted molar refractivity (Wildman–Crippen MR) is 137 cm³/mol. The fourth-order valence-electron chi connectivity index (χ4n) is 4.00. The van der Waals surface area contributed by atoms with E-state index in [-0.39, 0.29) is 23.9 Å². The van der Waals surface area contributed by atoms with Crippen LogP contribution in [0.5, 0.6) is 11.5 Å². The zero-order valence-corrected chi connectivity index (χ0v) is 20.6. The van der Waals surface area contributed by atoms with Gasteiger partial charge >= 0.3 is 7.82 Å². The van der Waals surface area contributed by atoms with Crippen molar-refractivity contribution in [3.8, 4) is 11.5 Å². The quantitative estimate of drug-likeness (QED) is 0.145. The van der Waals surface area contributed by atoms with E-state index < -0.39 is 7.82 Å². The van der Waals surface area contributed by atoms with Gasteiger partial charge in [0.1, 0.15) is 22.8 Å². The van der Waals surface area contributed by atoms with Crippen molar-refractivity contribution in [1.29, 1.82) is 0 Å². The summed E-state index contributed by atoms with van der Waals surface area (Å²) in [5, 5.41) is 13.3. The molecule has 0 fully saturated rings. The number of unbranched alkanes of at least 4 members (excludes halogenated alkanes) is 1. The first kappa shape index (κ1) is 24.8. The number of nitrogens with zero attached hydrogens (tertiary/aromatic N) is 4. The number of pyridine rings is 1. The maximum atomic E-state index is 11.5. The lowest BCUT2D eigenvalue weighted by atomic mass is 10.1. The minimum atomic E-state index is -4.82. The molecule has 0 bridgehead atoms. The molecule has 10 nitrogen and oxygen atoms in total. The van der Waals surface area contributed by atoms with Gasteiger partial charge in [-0.2, -0.15) is 0 Å². The van der Waals surface area contributed by atoms with Gasteiger partial charge in [-0.1, -0.05) is 19.4 Å². The molecule has 0 spiro atoms. The zero-order valence-electron chi connectivity index (χ0n) is 18.9. The number of anilines is 1. The van der Waals surface area contributed by atoms with Crippen LogP contribution < -0.4 is 10.3 Å². The van der Waals surface area contributed by atoms with Crippen molar-refractivity contribution < 1.29 is 24.0 Å². The van der Waals surface area contributed by atoms with Gasteiger partial charge < -0.3 is 19.9 Å². The summed E-state index contributed by atoms with van der Waals surface area (Å²) in [7, 11) is -4.82. The molecule has 0 atom stereocenters. The number of phosphoric ester groups is 1. The summed E-state index contributed by atoms with van der Waals surface area (Å²) >= 11 is 4.69. The highest BCUT2D eigenvalue weighted by atomic mass is 32.1. The Morgan fingerprint density at radius 1 is 1.23 bits per heavy atom. The number of thiocarbonyl (C=S) groups is 1. The maximum absolute atomic E-state index is 11.5. The molecule has 182 valence electrons. The van der Waals surface area contributed by atoms with Crippen molar-refractivity contribution in [2.75, 3.05) is 5.73 Å². The molecule has 2 aromatic heterocycles. The average Bonchev–Trinajstić information content (AvgIpc) is 3.16. The van der Waals surface area contributed by atoms with Gasteiger partial charge in [0.25, 0.3) is 0 Å². The van der Waals surface area contributed by atoms with Crippen molar-refractivity contribution in [3.05, 3.63) is 53.3 Å². The summed E-state index contributed by atoms with van der Waals surface area (Å²) in [5.74, 6) is 0.901. The molecular weight excluding hydrogens is 489 g/mol. The molecule has 0 radical (unpaired) electrons. The second kappa shape index (κ2) is 10.1. The van der Waals surface area contributed by atoms with Crippen LogP contribution in [-0.2, 0) is 24.1 Å². The number of phenols is 1. The number of aliphatic imine (C=N–C) groups is 1. The van der Waals surface area contributed by atoms with E-state index in [0.717, 1.165) is 35.1 Å². The Hall–Kier alpha value is -3.33. The van der Waals surface area contributed by atoms with Crippen LogP contribution >= 0.6 is 20.0 Å². The molecule has 0 aliphatic rings. The van der Waals surface area contributed by atoms with Gasteiger partial charge in [0.15, 0.2) is 5.82 Å². The summed E-state index contributed by atoms with van der Waals surface area (Å²) in [6, 6.07) is 9.71. The second-order valence-corrected chi connectivity index (χ2v) is 9.39. The Labute approximate surface area is 206 Å². The van der Waals surface area contributed by atoms with Crippen LogP contribution in [0.2, 0.25) is 0 Å². The van der Waals surface area contributed by atoms with Gasteiger partial charge in [0, 0.05) is 17.4 Å². The number of phenolic OH excluding ortho intramolecular Hbond substituents is 1. The minimum absolute atomic E-state index is 0.0400. The van der Waals surface area contributed by atoms with Crippen LogP contribution in [0.3, 0.4) is 0 Å². The lowest BCUT2D eigenvalue weighted by molar-refractivity contribution is 0.282. The Bertz CT molecular complexity index is 1510. The van der Waals surface area contributed by atoms with Gasteiger partial charge in [-0.3, -0.25) is 9.79 Å². The molecule has 12 heteroatoms. The van der Waals surface area contributed by atoms with E-state index >= 15 is 0 Å². The lowest BCUT2D eigenvalue weighted by Gasteiger charge is -2.16. The number of hydrogen-bond acceptors (Lipinski definition) is 8. The van der Waals surface area contributed by atoms with Crippen molar-refractivity contribution in [2.45, 2.75) is 39.3 Å². The van der Waals surface area contributed by atoms with E-state index in [1.807, 2.05) is 22.8 Å². The number of nitrogens with two attached hydrogens (primary N) is 1. The van der Waals surface area contributed by atoms with Crippen LogP contribution in [0.4, 0.5) is 5.82 Å². The normalized spacial score (nSPS) is 11.6. The highest BCUT2D eigenvalue weighted by Gasteiger charge is 2.22. The number of isothiocyanates is 1. The summed E-state index contributed by atoms with van der Waals surface area (Å²) in [6.07, 6.45) is 2.46. The van der Waals surface area contributed by atoms with E-state index in [1.165, 1.54) is 18.2 Å². The van der Waals surface area contributed by atoms with E-state index in [2.05, 4.69) is 22.1 Å². The van der Waals surface area contributed by atoms with E-state index in [9.17, 15) is 19.5 Å². The Morgan fingerprint density at radius 2 is 2.03 bits per heavy atom. The van der Waals surface area contributed by atoms with Crippen LogP contribution in [0.25, 0.3) is 21.9 Å². The highest BCUT2D eigenvalue weighted by molar-refractivity contribution is 7.78. The third-order valence-electron chi connectivity index (χ3n) is 5.52. The largest absolute Gasteiger partial charge is 0.524 e. The lowest BCUT2D eigenvalue weighted by Crippen LogP contribution is -2.07. The molecule has 0 amide bonds. The fourth-order valence-corrected chi connectivity index (χ4v) is 4.50. The number of aromatic hydroxyl groups is 1. The molecule has 0 saturated heterocycles. The summed E-state index contributed by atoms with van der Waals surface area (Å²) < 4.78 is 18.4. The van der Waals surface area contributed by atoms with Crippen LogP contribution in [0.1, 0.15) is 36.7 Å². The molecule has 0 aliphatic carbocycles. The molecule has 0 aliphatic heterocycles. The second-order valence-electron chi connectivity index (χ2n) is 8.04. The predicted octanol–water partition coefficient (Wildman–Crippen LogP) is 4.34. The van der Waals surface area contributed by atoms with Crippen molar-refractivity contribution in [1.82, 2.24) is 14.5 Å². The third-order valence-corrected chi connectivity index (χ3v) is 6.08. The topological polar surface area (TPSA) is 156 Å². The van der Waals surface area contributed by atoms with E-state index in [1.54, 1.807) is 0 Å². The number of nitrogen functional groups attached to an aromatic ring is 1. The van der Waals surface area contributed by atoms with E-state index in [0.29, 0.717) is 29.6 Å². The zero-order chi connectivity index (χ0) is 25.2. The molecule has 4 rings (SSSR count). The summed E-state index contributed by atoms with van der Waals surface area (Å²) in [5.41, 5.74) is 9.46.